The summed E-state index contributed by atoms with van der Waals surface area (Å²) < 4.78 is 0. The summed E-state index contributed by atoms with van der Waals surface area (Å²) in [5.74, 6) is 1.18. The number of aromatic nitrogens is 4. The monoisotopic (exact) mass is 607 g/mol. The number of carbonyl (C=O) groups excluding carboxylic acids is 2. The minimum atomic E-state index is -0.784. The summed E-state index contributed by atoms with van der Waals surface area (Å²) in [7, 11) is 0. The maximum atomic E-state index is 13.7. The number of nitrogens with one attached hydrogen (secondary N) is 5. The van der Waals surface area contributed by atoms with Gasteiger partial charge in [-0.25, -0.2) is 9.78 Å². The number of imidazole rings is 2. The van der Waals surface area contributed by atoms with Gasteiger partial charge in [0.05, 0.1) is 22.1 Å². The normalized spacial score (nSPS) is 17.5. The van der Waals surface area contributed by atoms with Gasteiger partial charge in [0, 0.05) is 23.9 Å². The van der Waals surface area contributed by atoms with Gasteiger partial charge in [-0.15, -0.1) is 0 Å². The zero-order valence-electron chi connectivity index (χ0n) is 26.0. The number of rotatable bonds is 9. The molecule has 0 spiro atoms. The third-order valence-corrected chi connectivity index (χ3v) is 9.07. The summed E-state index contributed by atoms with van der Waals surface area (Å²) in [5, 5.41) is 6.00. The second-order valence-electron chi connectivity index (χ2n) is 12.7. The van der Waals surface area contributed by atoms with E-state index in [1.165, 1.54) is 0 Å². The number of carbonyl (C=O) groups is 2. The van der Waals surface area contributed by atoms with Gasteiger partial charge in [-0.2, -0.15) is 0 Å². The van der Waals surface area contributed by atoms with Crippen molar-refractivity contribution in [3.05, 3.63) is 82.0 Å². The first-order valence-corrected chi connectivity index (χ1v) is 15.8. The highest BCUT2D eigenvalue weighted by molar-refractivity contribution is 5.99. The number of hydrogen-bond donors (Lipinski definition) is 6. The van der Waals surface area contributed by atoms with Crippen LogP contribution in [0.3, 0.4) is 0 Å². The lowest BCUT2D eigenvalue weighted by molar-refractivity contribution is -0.130. The van der Waals surface area contributed by atoms with Crippen LogP contribution in [0.1, 0.15) is 62.4 Å². The Morgan fingerprint density at radius 3 is 2.38 bits per heavy atom. The number of aryl methyl sites for hydroxylation is 1. The lowest BCUT2D eigenvalue weighted by Crippen LogP contribution is -2.48. The first-order valence-electron chi connectivity index (χ1n) is 15.8. The molecular formula is C35H41N7O3. The largest absolute Gasteiger partial charge is 0.344 e. The zero-order valence-corrected chi connectivity index (χ0v) is 26.0. The minimum Gasteiger partial charge on any atom is -0.344 e. The van der Waals surface area contributed by atoms with Crippen molar-refractivity contribution in [3.8, 4) is 11.1 Å². The summed E-state index contributed by atoms with van der Waals surface area (Å²) >= 11 is 0. The molecule has 0 saturated heterocycles. The number of nitrogens with zero attached hydrogens (tertiary/aromatic N) is 1. The quantitative estimate of drug-likeness (QED) is 0.134. The first kappa shape index (κ1) is 30.3. The summed E-state index contributed by atoms with van der Waals surface area (Å²) in [6.45, 7) is 6.97. The van der Waals surface area contributed by atoms with Crippen LogP contribution >= 0.6 is 0 Å². The third-order valence-electron chi connectivity index (χ3n) is 9.07. The molecule has 10 nitrogen and oxygen atoms in total. The fraction of sp³-hybridized carbons (Fsp3) is 0.371. The third kappa shape index (κ3) is 6.71. The smallest absolute Gasteiger partial charge is 0.323 e. The van der Waals surface area contributed by atoms with Crippen molar-refractivity contribution >= 4 is 39.6 Å². The number of nitrogens with two attached hydrogens (primary N) is 1. The van der Waals surface area contributed by atoms with Gasteiger partial charge in [0.25, 0.3) is 0 Å². The molecule has 3 aromatic carbocycles. The molecule has 7 N–H and O–H groups in total. The Balaban J connectivity index is 1.22. The molecule has 0 bridgehead atoms. The molecule has 5 aromatic rings. The van der Waals surface area contributed by atoms with Crippen LogP contribution in [-0.2, 0) is 16.0 Å². The second kappa shape index (κ2) is 12.7. The Morgan fingerprint density at radius 2 is 1.67 bits per heavy atom. The number of aromatic amines is 3. The summed E-state index contributed by atoms with van der Waals surface area (Å²) in [6.07, 6.45) is 3.71. The summed E-state index contributed by atoms with van der Waals surface area (Å²) in [6, 6.07) is 16.8. The van der Waals surface area contributed by atoms with Crippen LogP contribution < -0.4 is 22.1 Å². The maximum absolute atomic E-state index is 13.7. The number of amides is 2. The molecule has 1 fully saturated rings. The van der Waals surface area contributed by atoms with E-state index in [0.717, 1.165) is 64.8 Å². The predicted molar refractivity (Wildman–Crippen MR) is 178 cm³/mol. The molecule has 0 unspecified atom stereocenters. The van der Waals surface area contributed by atoms with E-state index in [0.29, 0.717) is 41.5 Å². The highest BCUT2D eigenvalue weighted by Gasteiger charge is 2.29. The van der Waals surface area contributed by atoms with Crippen LogP contribution in [0.5, 0.6) is 0 Å². The molecule has 0 aliphatic heterocycles. The Bertz CT molecular complexity index is 1890. The van der Waals surface area contributed by atoms with Crippen LogP contribution in [-0.4, -0.2) is 44.3 Å². The predicted octanol–water partition coefficient (Wildman–Crippen LogP) is 5.26. The fourth-order valence-corrected chi connectivity index (χ4v) is 6.32. The Hall–Kier alpha value is -4.70. The van der Waals surface area contributed by atoms with Crippen molar-refractivity contribution in [3.63, 3.8) is 0 Å². The molecule has 2 amide bonds. The molecule has 1 aliphatic carbocycles. The lowest BCUT2D eigenvalue weighted by atomic mass is 9.81. The zero-order chi connectivity index (χ0) is 31.7. The van der Waals surface area contributed by atoms with Crippen LogP contribution in [0.2, 0.25) is 0 Å². The highest BCUT2D eigenvalue weighted by Crippen LogP contribution is 2.30. The molecule has 1 saturated carbocycles. The number of fused-ring (bicyclic) bond motifs is 2. The fourth-order valence-electron chi connectivity index (χ4n) is 6.32. The van der Waals surface area contributed by atoms with Crippen LogP contribution in [0, 0.1) is 18.8 Å². The molecular weight excluding hydrogens is 566 g/mol. The molecule has 1 atom stereocenters. The van der Waals surface area contributed by atoms with Crippen molar-refractivity contribution in [2.75, 3.05) is 11.9 Å². The van der Waals surface area contributed by atoms with E-state index in [-0.39, 0.29) is 23.4 Å². The molecule has 6 rings (SSSR count). The Labute approximate surface area is 261 Å². The average Bonchev–Trinajstić information content (AvgIpc) is 3.62. The van der Waals surface area contributed by atoms with Gasteiger partial charge in [0.1, 0.15) is 11.9 Å². The highest BCUT2D eigenvalue weighted by atomic mass is 16.2. The van der Waals surface area contributed by atoms with E-state index in [4.69, 9.17) is 10.7 Å². The van der Waals surface area contributed by atoms with Gasteiger partial charge in [-0.3, -0.25) is 9.59 Å². The average molecular weight is 608 g/mol. The molecule has 2 aromatic heterocycles. The maximum Gasteiger partial charge on any atom is 0.323 e. The van der Waals surface area contributed by atoms with Gasteiger partial charge >= 0.3 is 5.69 Å². The number of benzene rings is 3. The van der Waals surface area contributed by atoms with Crippen LogP contribution in [0.25, 0.3) is 33.2 Å². The lowest BCUT2D eigenvalue weighted by Gasteiger charge is -2.28. The number of hydrogen-bond acceptors (Lipinski definition) is 5. The molecule has 2 heterocycles. The van der Waals surface area contributed by atoms with E-state index in [1.807, 2.05) is 12.1 Å². The molecule has 1 aliphatic rings. The van der Waals surface area contributed by atoms with E-state index in [9.17, 15) is 14.4 Å². The summed E-state index contributed by atoms with van der Waals surface area (Å²) in [4.78, 5) is 52.4. The molecule has 45 heavy (non-hydrogen) atoms. The molecule has 10 heteroatoms. The minimum absolute atomic E-state index is 0.101. The topological polar surface area (TPSA) is 162 Å². The van der Waals surface area contributed by atoms with Crippen molar-refractivity contribution in [1.29, 1.82) is 0 Å². The number of H-pyrrole nitrogens is 3. The van der Waals surface area contributed by atoms with Gasteiger partial charge in [0.2, 0.25) is 11.8 Å². The van der Waals surface area contributed by atoms with E-state index in [1.54, 1.807) is 18.2 Å². The van der Waals surface area contributed by atoms with Crippen molar-refractivity contribution in [1.82, 2.24) is 25.3 Å². The SMILES string of the molecule is Cc1cc2[nH]c(C(C)C)nc2cc1-c1ccc(C[C@H](NC(=O)[C@H]2CC[C@H](CN)CC2)C(=O)Nc2ccc3[nH]c(=O)[nH]c3c2)cc1. The van der Waals surface area contributed by atoms with E-state index >= 15 is 0 Å². The number of anilines is 1. The van der Waals surface area contributed by atoms with Crippen LogP contribution in [0.15, 0.2) is 59.4 Å². The van der Waals surface area contributed by atoms with Crippen molar-refractivity contribution < 1.29 is 9.59 Å². The molecule has 0 radical (unpaired) electrons. The Kier molecular flexibility index (Phi) is 8.58. The van der Waals surface area contributed by atoms with Crippen molar-refractivity contribution in [2.24, 2.45) is 17.6 Å². The van der Waals surface area contributed by atoms with Gasteiger partial charge in [0.15, 0.2) is 0 Å². The first-order chi connectivity index (χ1) is 21.7. The van der Waals surface area contributed by atoms with E-state index in [2.05, 4.69) is 70.6 Å². The van der Waals surface area contributed by atoms with Gasteiger partial charge in [-0.05, 0) is 97.7 Å². The van der Waals surface area contributed by atoms with Crippen LogP contribution in [0.4, 0.5) is 5.69 Å². The summed E-state index contributed by atoms with van der Waals surface area (Å²) in [5.41, 5.74) is 13.5. The van der Waals surface area contributed by atoms with Crippen molar-refractivity contribution in [2.45, 2.75) is 64.8 Å². The van der Waals surface area contributed by atoms with Gasteiger partial charge < -0.3 is 31.3 Å². The Morgan fingerprint density at radius 1 is 0.933 bits per heavy atom. The molecule has 234 valence electrons. The van der Waals surface area contributed by atoms with Gasteiger partial charge in [-0.1, -0.05) is 38.1 Å². The van der Waals surface area contributed by atoms with E-state index < -0.39 is 6.04 Å². The second-order valence-corrected chi connectivity index (χ2v) is 12.7. The standard InChI is InChI=1S/C35H41N7O3/c1-19(2)32-38-28-14-20(3)26(17-30(28)39-32)23-8-4-21(5-9-23)15-31(40-33(43)24-10-6-22(18-36)7-11-24)34(44)37-25-12-13-27-29(16-25)42-35(45)41-27/h4-5,8-9,12-14,16-17,19,22,24,31H,6-7,10-11,15,18,36H2,1-3H3,(H,37,44)(H,38,39)(H,40,43)(H2,41,42,45)/t22-,24-,31-/m0/s1.